The maximum absolute atomic E-state index is 13.8. The molecule has 2 atom stereocenters. The molecule has 0 spiro atoms. The number of likely N-dealkylation sites (tertiary alicyclic amines) is 1. The van der Waals surface area contributed by atoms with Crippen LogP contribution in [0.15, 0.2) is 47.5 Å². The number of H-pyrrole nitrogens is 1. The quantitative estimate of drug-likeness (QED) is 0.405. The molecule has 1 aromatic carbocycles. The Labute approximate surface area is 219 Å². The SMILES string of the molecule is Cc1nccnc1-c1[nH]n2c(=O)cc(-c3ccc(CC4CCCC4)cc3)nc2c1C(=O)N1C[C@H](CF)[C@@H]1C. The zero-order valence-corrected chi connectivity index (χ0v) is 21.7. The van der Waals surface area contributed by atoms with E-state index in [1.54, 1.807) is 24.2 Å². The number of benzene rings is 1. The summed E-state index contributed by atoms with van der Waals surface area (Å²) in [6, 6.07) is 9.42. The van der Waals surface area contributed by atoms with E-state index in [1.165, 1.54) is 41.8 Å². The Morgan fingerprint density at radius 3 is 2.55 bits per heavy atom. The van der Waals surface area contributed by atoms with Crippen molar-refractivity contribution in [3.63, 3.8) is 0 Å². The zero-order chi connectivity index (χ0) is 26.4. The van der Waals surface area contributed by atoms with Crippen LogP contribution in [0.5, 0.6) is 0 Å². The van der Waals surface area contributed by atoms with Crippen LogP contribution in [0, 0.1) is 18.8 Å². The highest BCUT2D eigenvalue weighted by Crippen LogP contribution is 2.33. The Kier molecular flexibility index (Phi) is 6.29. The largest absolute Gasteiger partial charge is 0.335 e. The van der Waals surface area contributed by atoms with Gasteiger partial charge >= 0.3 is 0 Å². The van der Waals surface area contributed by atoms with Gasteiger partial charge in [-0.15, -0.1) is 0 Å². The molecule has 1 saturated carbocycles. The highest BCUT2D eigenvalue weighted by molar-refractivity contribution is 6.06. The Balaban J connectivity index is 1.44. The molecule has 38 heavy (non-hydrogen) atoms. The van der Waals surface area contributed by atoms with E-state index >= 15 is 0 Å². The Morgan fingerprint density at radius 1 is 1.13 bits per heavy atom. The second-order valence-electron chi connectivity index (χ2n) is 10.7. The van der Waals surface area contributed by atoms with E-state index in [9.17, 15) is 14.0 Å². The summed E-state index contributed by atoms with van der Waals surface area (Å²) in [5.41, 5.74) is 4.18. The summed E-state index contributed by atoms with van der Waals surface area (Å²) in [5.74, 6) is 0.245. The molecule has 0 bridgehead atoms. The first kappa shape index (κ1) is 24.5. The van der Waals surface area contributed by atoms with Crippen molar-refractivity contribution in [3.05, 3.63) is 69.9 Å². The number of aryl methyl sites for hydroxylation is 1. The number of alkyl halides is 1. The van der Waals surface area contributed by atoms with Gasteiger partial charge in [-0.05, 0) is 31.7 Å². The molecule has 1 saturated heterocycles. The van der Waals surface area contributed by atoms with Crippen LogP contribution in [-0.4, -0.2) is 54.6 Å². The third kappa shape index (κ3) is 4.19. The molecular weight excluding hydrogens is 483 g/mol. The number of nitrogens with one attached hydrogen (secondary N) is 1. The Bertz CT molecular complexity index is 1550. The van der Waals surface area contributed by atoms with Crippen LogP contribution in [0.25, 0.3) is 28.3 Å². The van der Waals surface area contributed by atoms with E-state index in [0.29, 0.717) is 29.3 Å². The van der Waals surface area contributed by atoms with Crippen LogP contribution in [0.1, 0.15) is 54.2 Å². The molecule has 1 N–H and O–H groups in total. The lowest BCUT2D eigenvalue weighted by molar-refractivity contribution is 0.0142. The zero-order valence-electron chi connectivity index (χ0n) is 21.7. The number of halogens is 1. The van der Waals surface area contributed by atoms with Crippen molar-refractivity contribution in [2.45, 2.75) is 52.0 Å². The van der Waals surface area contributed by atoms with Gasteiger partial charge in [0.2, 0.25) is 0 Å². The van der Waals surface area contributed by atoms with Crippen molar-refractivity contribution in [3.8, 4) is 22.6 Å². The van der Waals surface area contributed by atoms with Gasteiger partial charge in [0.25, 0.3) is 11.5 Å². The molecule has 4 aromatic rings. The summed E-state index contributed by atoms with van der Waals surface area (Å²) in [7, 11) is 0. The van der Waals surface area contributed by atoms with Crippen LogP contribution >= 0.6 is 0 Å². The molecular formula is C29H31FN6O2. The average molecular weight is 515 g/mol. The maximum Gasteiger partial charge on any atom is 0.273 e. The number of rotatable bonds is 6. The number of amides is 1. The molecule has 8 nitrogen and oxygen atoms in total. The van der Waals surface area contributed by atoms with Crippen molar-refractivity contribution in [2.24, 2.45) is 11.8 Å². The second kappa shape index (κ2) is 9.78. The summed E-state index contributed by atoms with van der Waals surface area (Å²) < 4.78 is 14.6. The van der Waals surface area contributed by atoms with Gasteiger partial charge in [-0.25, -0.2) is 9.50 Å². The minimum atomic E-state index is -0.479. The number of carbonyl (C=O) groups excluding carboxylic acids is 1. The van der Waals surface area contributed by atoms with E-state index in [0.717, 1.165) is 17.9 Å². The molecule has 9 heteroatoms. The number of nitrogens with zero attached hydrogens (tertiary/aromatic N) is 5. The number of aromatic nitrogens is 5. The fraction of sp³-hybridized carbons (Fsp3) is 0.414. The predicted octanol–water partition coefficient (Wildman–Crippen LogP) is 4.62. The fourth-order valence-corrected chi connectivity index (χ4v) is 5.85. The molecule has 2 fully saturated rings. The summed E-state index contributed by atoms with van der Waals surface area (Å²) in [4.78, 5) is 42.3. The standard InChI is InChI=1S/C29H31FN6O2/c1-17-26(32-12-11-31-17)27-25(29(38)35-16-22(15-30)18(35)2)28-33-23(14-24(37)36(28)34-27)21-9-7-20(8-10-21)13-19-5-3-4-6-19/h7-12,14,18-19,22,34H,3-6,13,15-16H2,1-2H3/t18-,22-/m0/s1. The van der Waals surface area contributed by atoms with Gasteiger partial charge in [0.1, 0.15) is 11.3 Å². The monoisotopic (exact) mass is 514 g/mol. The minimum absolute atomic E-state index is 0.195. The van der Waals surface area contributed by atoms with Gasteiger partial charge in [0, 0.05) is 42.5 Å². The number of fused-ring (bicyclic) bond motifs is 1. The van der Waals surface area contributed by atoms with E-state index < -0.39 is 6.67 Å². The van der Waals surface area contributed by atoms with E-state index in [1.807, 2.05) is 19.1 Å². The number of aromatic amines is 1. The molecule has 1 amide bonds. The topological polar surface area (TPSA) is 96.2 Å². The van der Waals surface area contributed by atoms with E-state index in [4.69, 9.17) is 4.98 Å². The fourth-order valence-electron chi connectivity index (χ4n) is 5.85. The minimum Gasteiger partial charge on any atom is -0.335 e. The van der Waals surface area contributed by atoms with E-state index in [2.05, 4.69) is 27.2 Å². The van der Waals surface area contributed by atoms with Crippen molar-refractivity contribution >= 4 is 11.6 Å². The van der Waals surface area contributed by atoms with Crippen molar-refractivity contribution < 1.29 is 9.18 Å². The van der Waals surface area contributed by atoms with E-state index in [-0.39, 0.29) is 34.6 Å². The van der Waals surface area contributed by atoms with Gasteiger partial charge in [0.05, 0.1) is 23.8 Å². The molecule has 1 aliphatic carbocycles. The van der Waals surface area contributed by atoms with Crippen molar-refractivity contribution in [1.29, 1.82) is 0 Å². The highest BCUT2D eigenvalue weighted by Gasteiger charge is 2.41. The first-order valence-corrected chi connectivity index (χ1v) is 13.3. The Hall–Kier alpha value is -3.88. The third-order valence-corrected chi connectivity index (χ3v) is 8.26. The first-order valence-electron chi connectivity index (χ1n) is 13.3. The maximum atomic E-state index is 13.8. The normalized spacial score (nSPS) is 19.7. The van der Waals surface area contributed by atoms with Gasteiger partial charge in [0.15, 0.2) is 5.65 Å². The smallest absolute Gasteiger partial charge is 0.273 e. The van der Waals surface area contributed by atoms with Crippen LogP contribution in [0.4, 0.5) is 4.39 Å². The second-order valence-corrected chi connectivity index (χ2v) is 10.7. The van der Waals surface area contributed by atoms with Crippen molar-refractivity contribution in [2.75, 3.05) is 13.2 Å². The van der Waals surface area contributed by atoms with Gasteiger partial charge in [-0.3, -0.25) is 29.0 Å². The first-order chi connectivity index (χ1) is 18.4. The molecule has 4 heterocycles. The molecule has 3 aromatic heterocycles. The van der Waals surface area contributed by atoms with Crippen LogP contribution < -0.4 is 5.56 Å². The van der Waals surface area contributed by atoms with Gasteiger partial charge < -0.3 is 4.90 Å². The molecule has 0 unspecified atom stereocenters. The van der Waals surface area contributed by atoms with Gasteiger partial charge in [-0.2, -0.15) is 0 Å². The molecule has 196 valence electrons. The lowest BCUT2D eigenvalue weighted by atomic mass is 9.90. The average Bonchev–Trinajstić information content (AvgIpc) is 3.57. The summed E-state index contributed by atoms with van der Waals surface area (Å²) in [6.07, 6.45) is 9.39. The lowest BCUT2D eigenvalue weighted by Crippen LogP contribution is -2.58. The lowest BCUT2D eigenvalue weighted by Gasteiger charge is -2.45. The number of hydrogen-bond acceptors (Lipinski definition) is 5. The Morgan fingerprint density at radius 2 is 1.87 bits per heavy atom. The summed E-state index contributed by atoms with van der Waals surface area (Å²) in [5, 5.41) is 3.06. The third-order valence-electron chi connectivity index (χ3n) is 8.26. The highest BCUT2D eigenvalue weighted by atomic mass is 19.1. The molecule has 0 radical (unpaired) electrons. The number of hydrogen-bond donors (Lipinski definition) is 1. The van der Waals surface area contributed by atoms with Crippen LogP contribution in [0.3, 0.4) is 0 Å². The molecule has 6 rings (SSSR count). The number of carbonyl (C=O) groups is 1. The van der Waals surface area contributed by atoms with Crippen LogP contribution in [-0.2, 0) is 6.42 Å². The predicted molar refractivity (Wildman–Crippen MR) is 143 cm³/mol. The van der Waals surface area contributed by atoms with Crippen molar-refractivity contribution in [1.82, 2.24) is 29.5 Å². The molecule has 2 aliphatic rings. The van der Waals surface area contributed by atoms with Gasteiger partial charge in [-0.1, -0.05) is 49.9 Å². The van der Waals surface area contributed by atoms with Crippen LogP contribution in [0.2, 0.25) is 0 Å². The summed E-state index contributed by atoms with van der Waals surface area (Å²) in [6.45, 7) is 3.47. The summed E-state index contributed by atoms with van der Waals surface area (Å²) >= 11 is 0. The molecule has 1 aliphatic heterocycles.